The second kappa shape index (κ2) is 20.3. The Labute approximate surface area is 416 Å². The Balaban J connectivity index is 1.19. The molecule has 24 heteroatoms. The number of halogens is 8. The van der Waals surface area contributed by atoms with Gasteiger partial charge in [0.15, 0.2) is 0 Å². The van der Waals surface area contributed by atoms with Crippen molar-refractivity contribution in [3.05, 3.63) is 0 Å². The molecule has 0 spiro atoms. The summed E-state index contributed by atoms with van der Waals surface area (Å²) < 4.78 is 50.5. The van der Waals surface area contributed by atoms with Crippen molar-refractivity contribution >= 4 is 92.8 Å². The van der Waals surface area contributed by atoms with E-state index >= 15 is 0 Å². The topological polar surface area (TPSA) is 170 Å². The molecule has 5 aliphatic heterocycles. The molecule has 9 fully saturated rings. The number of hydrogen-bond acceptors (Lipinski definition) is 16. The third kappa shape index (κ3) is 7.92. The van der Waals surface area contributed by atoms with E-state index in [4.69, 9.17) is 131 Å². The Bertz CT molecular complexity index is 1510. The summed E-state index contributed by atoms with van der Waals surface area (Å²) in [5, 5.41) is 26.9. The summed E-state index contributed by atoms with van der Waals surface area (Å²) >= 11 is 57.7. The fourth-order valence-corrected chi connectivity index (χ4v) is 17.6. The first-order chi connectivity index (χ1) is 30.7. The van der Waals surface area contributed by atoms with E-state index in [9.17, 15) is 0 Å². The first-order valence-corrected chi connectivity index (χ1v) is 25.7. The van der Waals surface area contributed by atoms with Crippen LogP contribution < -0.4 is 42.5 Å². The summed E-state index contributed by atoms with van der Waals surface area (Å²) in [5.74, 6) is -2.11. The van der Waals surface area contributed by atoms with Gasteiger partial charge in [-0.05, 0) is 0 Å². The molecule has 0 amide bonds. The van der Waals surface area contributed by atoms with Crippen LogP contribution >= 0.6 is 92.8 Å². The Morgan fingerprint density at radius 1 is 0.203 bits per heavy atom. The van der Waals surface area contributed by atoms with Crippen LogP contribution in [0.5, 0.6) is 0 Å². The van der Waals surface area contributed by atoms with Crippen LogP contribution in [0.25, 0.3) is 0 Å². The normalized spacial score (nSPS) is 59.2. The van der Waals surface area contributed by atoms with Gasteiger partial charge in [-0.1, -0.05) is 0 Å². The second-order valence-corrected chi connectivity index (χ2v) is 23.0. The highest BCUT2D eigenvalue weighted by Gasteiger charge is 2.67. The molecule has 0 aromatic heterocycles. The van der Waals surface area contributed by atoms with Crippen molar-refractivity contribution in [2.75, 3.05) is 56.9 Å². The van der Waals surface area contributed by atoms with Gasteiger partial charge in [0.2, 0.25) is 0 Å². The maximum atomic E-state index is 7.39. The molecule has 8 N–H and O–H groups in total. The molecule has 4 saturated carbocycles. The first-order valence-electron chi connectivity index (χ1n) is 22.2. The molecule has 4 aliphatic carbocycles. The van der Waals surface area contributed by atoms with Gasteiger partial charge in [-0.15, -0.1) is 92.8 Å². The lowest BCUT2D eigenvalue weighted by atomic mass is 9.70. The molecule has 32 atom stereocenters. The zero-order valence-electron chi connectivity index (χ0n) is 36.8. The molecule has 5 saturated heterocycles. The maximum Gasteiger partial charge on any atom is 0.112 e. The largest absolute Gasteiger partial charge is 0.378 e. The Morgan fingerprint density at radius 2 is 0.344 bits per heavy atom. The van der Waals surface area contributed by atoms with Crippen LogP contribution in [0, 0.1) is 47.3 Å². The number of rotatable bonds is 8. The minimum Gasteiger partial charge on any atom is -0.378 e. The van der Waals surface area contributed by atoms with Crippen LogP contribution in [-0.2, 0) is 37.9 Å². The lowest BCUT2D eigenvalue weighted by Crippen LogP contribution is -2.67. The minimum atomic E-state index is -0.616. The quantitative estimate of drug-likeness (QED) is 0.164. The summed E-state index contributed by atoms with van der Waals surface area (Å²) in [5.41, 5.74) is 0. The minimum absolute atomic E-state index is 0.236. The van der Waals surface area contributed by atoms with Crippen molar-refractivity contribution < 1.29 is 37.9 Å². The van der Waals surface area contributed by atoms with Crippen molar-refractivity contribution in [3.8, 4) is 0 Å². The molecule has 0 aromatic carbocycles. The summed E-state index contributed by atoms with van der Waals surface area (Å²) in [4.78, 5) is 0. The highest BCUT2D eigenvalue weighted by atomic mass is 35.5. The number of nitrogens with one attached hydrogen (secondary N) is 8. The van der Waals surface area contributed by atoms with Gasteiger partial charge < -0.3 is 37.9 Å². The van der Waals surface area contributed by atoms with E-state index in [0.29, 0.717) is 0 Å². The Morgan fingerprint density at radius 3 is 0.484 bits per heavy atom. The Hall–Kier alpha value is 1.68. The molecule has 368 valence electrons. The zero-order chi connectivity index (χ0) is 45.8. The molecule has 0 aromatic rings. The van der Waals surface area contributed by atoms with Crippen molar-refractivity contribution in [1.82, 2.24) is 42.5 Å². The highest BCUT2D eigenvalue weighted by Crippen LogP contribution is 2.52. The predicted octanol–water partition coefficient (Wildman–Crippen LogP) is 1.34. The molecule has 16 nitrogen and oxygen atoms in total. The van der Waals surface area contributed by atoms with Crippen molar-refractivity contribution in [3.63, 3.8) is 0 Å². The third-order valence-corrected chi connectivity index (χ3v) is 21.9. The average molecular weight is 1070 g/mol. The van der Waals surface area contributed by atoms with E-state index in [1.54, 1.807) is 56.9 Å². The lowest BCUT2D eigenvalue weighted by Gasteiger charge is -2.50. The van der Waals surface area contributed by atoms with Crippen LogP contribution in [0.1, 0.15) is 0 Å². The van der Waals surface area contributed by atoms with E-state index in [1.807, 2.05) is 0 Å². The van der Waals surface area contributed by atoms with Crippen molar-refractivity contribution in [1.29, 1.82) is 0 Å². The van der Waals surface area contributed by atoms with Crippen LogP contribution in [0.3, 0.4) is 0 Å². The van der Waals surface area contributed by atoms with Gasteiger partial charge in [-0.2, -0.15) is 0 Å². The lowest BCUT2D eigenvalue weighted by molar-refractivity contribution is -0.218. The fraction of sp³-hybridized carbons (Fsp3) is 1.00. The zero-order valence-corrected chi connectivity index (χ0v) is 42.8. The van der Waals surface area contributed by atoms with Crippen molar-refractivity contribution in [2.45, 2.75) is 141 Å². The third-order valence-electron chi connectivity index (χ3n) is 16.7. The molecule has 5 heterocycles. The van der Waals surface area contributed by atoms with Gasteiger partial charge in [-0.3, -0.25) is 42.5 Å². The van der Waals surface area contributed by atoms with Crippen LogP contribution in [-0.4, -0.2) is 198 Å². The molecule has 8 bridgehead atoms. The number of alkyl halides is 8. The summed E-state index contributed by atoms with van der Waals surface area (Å²) in [7, 11) is 13.5. The van der Waals surface area contributed by atoms with Gasteiger partial charge >= 0.3 is 0 Å². The molecule has 0 radical (unpaired) electrons. The standard InChI is InChI=1S/C40H64Cl8N8O8/c1-57-25-13-15(27(59-3)31(63-7)29(25)61-5)39-54-37(13)52-35-11-9(17(41)21(45)23(47)19(11)43)33(50-35)49-34-10-12(20(44)24(48)22(46)18(10)42)36(51-34)53-38-14-16(40(55-38)56-39)28(60-4)32(64-8)30(62-6)26(14)58-2/h9-40,49-56H,1-8H3. The van der Waals surface area contributed by atoms with Crippen molar-refractivity contribution in [2.24, 2.45) is 47.3 Å². The fourth-order valence-electron chi connectivity index (χ4n) is 14.1. The van der Waals surface area contributed by atoms with E-state index < -0.39 is 141 Å². The first kappa shape index (κ1) is 50.6. The van der Waals surface area contributed by atoms with Gasteiger partial charge in [0.1, 0.15) is 24.4 Å². The number of hydrogen-bond donors (Lipinski definition) is 8. The summed E-state index contributed by atoms with van der Waals surface area (Å²) in [6, 6.07) is 0. The van der Waals surface area contributed by atoms with E-state index in [0.717, 1.165) is 0 Å². The molecule has 64 heavy (non-hydrogen) atoms. The number of fused-ring (bicyclic) bond motifs is 20. The van der Waals surface area contributed by atoms with Gasteiger partial charge in [0, 0.05) is 104 Å². The van der Waals surface area contributed by atoms with Crippen LogP contribution in [0.15, 0.2) is 0 Å². The number of ether oxygens (including phenoxy) is 8. The van der Waals surface area contributed by atoms with Gasteiger partial charge in [0.25, 0.3) is 0 Å². The summed E-state index contributed by atoms with van der Waals surface area (Å²) in [6.45, 7) is 0. The molecular weight excluding hydrogens is 1000 g/mol. The van der Waals surface area contributed by atoms with E-state index in [2.05, 4.69) is 42.5 Å². The maximum absolute atomic E-state index is 7.39. The predicted molar refractivity (Wildman–Crippen MR) is 247 cm³/mol. The van der Waals surface area contributed by atoms with Crippen LogP contribution in [0.4, 0.5) is 0 Å². The van der Waals surface area contributed by atoms with E-state index in [1.165, 1.54) is 0 Å². The Kier molecular flexibility index (Phi) is 16.1. The molecule has 9 aliphatic rings. The average Bonchev–Trinajstić information content (AvgIpc) is 4.05. The van der Waals surface area contributed by atoms with Gasteiger partial charge in [0.05, 0.1) is 117 Å². The second-order valence-electron chi connectivity index (χ2n) is 18.9. The SMILES string of the molecule is COC1C(OC)C(OC)C2C3NC(NC4NC(NC5NC(NC6NC(N3)C3C(OC)C(OC)C(OC)C(OC)C63)C3C(Cl)C(Cl)C(Cl)C(Cl)C53)C3C(Cl)C(Cl)C(Cl)C(Cl)C43)C2C1OC. The number of methoxy groups -OCH3 is 8. The van der Waals surface area contributed by atoms with Gasteiger partial charge in [-0.25, -0.2) is 0 Å². The summed E-state index contributed by atoms with van der Waals surface area (Å²) in [6.07, 6.45) is -6.99. The van der Waals surface area contributed by atoms with E-state index in [-0.39, 0.29) is 47.3 Å². The molecular formula is C40H64Cl8N8O8. The monoisotopic (exact) mass is 1060 g/mol. The molecule has 32 unspecified atom stereocenters. The highest BCUT2D eigenvalue weighted by molar-refractivity contribution is 6.39. The smallest absolute Gasteiger partial charge is 0.112 e. The molecule has 9 rings (SSSR count). The van der Waals surface area contributed by atoms with Crippen LogP contribution in [0.2, 0.25) is 0 Å².